The van der Waals surface area contributed by atoms with Gasteiger partial charge < -0.3 is 15.0 Å². The number of nitrogens with zero attached hydrogens (tertiary/aromatic N) is 2. The summed E-state index contributed by atoms with van der Waals surface area (Å²) >= 11 is 0. The Bertz CT molecular complexity index is 817. The molecule has 1 atom stereocenters. The van der Waals surface area contributed by atoms with Crippen molar-refractivity contribution in [3.63, 3.8) is 0 Å². The second kappa shape index (κ2) is 6.09. The number of aliphatic hydroxyl groups excluding tert-OH is 1. The third-order valence-corrected chi connectivity index (χ3v) is 5.50. The molecule has 0 radical (unpaired) electrons. The minimum atomic E-state index is -0.0877. The van der Waals surface area contributed by atoms with Crippen molar-refractivity contribution in [3.8, 4) is 0 Å². The topological polar surface area (TPSA) is 78.3 Å². The minimum Gasteiger partial charge on any atom is -0.394 e. The minimum absolute atomic E-state index is 0.00285. The number of fused-ring (bicyclic) bond motifs is 1. The van der Waals surface area contributed by atoms with E-state index in [1.807, 2.05) is 10.6 Å². The van der Waals surface area contributed by atoms with E-state index in [1.54, 1.807) is 17.0 Å². The summed E-state index contributed by atoms with van der Waals surface area (Å²) in [4.78, 5) is 29.7. The zero-order valence-corrected chi connectivity index (χ0v) is 13.7. The predicted octanol–water partition coefficient (Wildman–Crippen LogP) is 2.04. The number of imidazole rings is 1. The Morgan fingerprint density at radius 1 is 1.21 bits per heavy atom. The molecule has 2 aliphatic rings. The SMILES string of the molecule is O=C(c1ccc2c(c1)[nH]c(=O)n2C1CCCC1)N1CCC[C@@H]1CO. The molecular formula is C18H23N3O3. The molecule has 2 fully saturated rings. The average Bonchev–Trinajstić information content (AvgIpc) is 3.31. The maximum absolute atomic E-state index is 12.7. The lowest BCUT2D eigenvalue weighted by molar-refractivity contribution is 0.0678. The summed E-state index contributed by atoms with van der Waals surface area (Å²) < 4.78 is 1.85. The van der Waals surface area contributed by atoms with Gasteiger partial charge in [0.25, 0.3) is 5.91 Å². The summed E-state index contributed by atoms with van der Waals surface area (Å²) in [5.41, 5.74) is 2.08. The lowest BCUT2D eigenvalue weighted by Crippen LogP contribution is -2.37. The number of H-pyrrole nitrogens is 1. The van der Waals surface area contributed by atoms with Gasteiger partial charge in [0.15, 0.2) is 0 Å². The van der Waals surface area contributed by atoms with Crippen LogP contribution in [0.5, 0.6) is 0 Å². The summed E-state index contributed by atoms with van der Waals surface area (Å²) in [5.74, 6) is -0.0667. The van der Waals surface area contributed by atoms with Gasteiger partial charge in [0.05, 0.1) is 23.7 Å². The first kappa shape index (κ1) is 15.4. The van der Waals surface area contributed by atoms with Crippen molar-refractivity contribution < 1.29 is 9.90 Å². The van der Waals surface area contributed by atoms with E-state index in [9.17, 15) is 14.7 Å². The Morgan fingerprint density at radius 3 is 2.75 bits per heavy atom. The zero-order valence-electron chi connectivity index (χ0n) is 13.7. The Balaban J connectivity index is 1.69. The van der Waals surface area contributed by atoms with Crippen LogP contribution in [0.25, 0.3) is 11.0 Å². The third-order valence-electron chi connectivity index (χ3n) is 5.50. The van der Waals surface area contributed by atoms with Gasteiger partial charge in [-0.1, -0.05) is 12.8 Å². The number of aromatic amines is 1. The second-order valence-electron chi connectivity index (χ2n) is 6.95. The smallest absolute Gasteiger partial charge is 0.326 e. The maximum atomic E-state index is 12.7. The van der Waals surface area contributed by atoms with Gasteiger partial charge in [-0.15, -0.1) is 0 Å². The molecule has 128 valence electrons. The van der Waals surface area contributed by atoms with E-state index >= 15 is 0 Å². The monoisotopic (exact) mass is 329 g/mol. The number of likely N-dealkylation sites (tertiary alicyclic amines) is 1. The molecule has 2 heterocycles. The number of rotatable bonds is 3. The van der Waals surface area contributed by atoms with E-state index in [-0.39, 0.29) is 30.3 Å². The van der Waals surface area contributed by atoms with Crippen molar-refractivity contribution in [3.05, 3.63) is 34.2 Å². The average molecular weight is 329 g/mol. The number of aliphatic hydroxyl groups is 1. The first-order valence-corrected chi connectivity index (χ1v) is 8.85. The van der Waals surface area contributed by atoms with Crippen molar-refractivity contribution >= 4 is 16.9 Å². The zero-order chi connectivity index (χ0) is 16.7. The summed E-state index contributed by atoms with van der Waals surface area (Å²) in [7, 11) is 0. The van der Waals surface area contributed by atoms with Crippen LogP contribution in [-0.4, -0.2) is 44.7 Å². The molecule has 1 aromatic heterocycles. The number of benzene rings is 1. The van der Waals surface area contributed by atoms with Crippen LogP contribution >= 0.6 is 0 Å². The van der Waals surface area contributed by atoms with Crippen LogP contribution in [0.2, 0.25) is 0 Å². The van der Waals surface area contributed by atoms with Gasteiger partial charge in [0.2, 0.25) is 0 Å². The molecular weight excluding hydrogens is 306 g/mol. The number of amides is 1. The maximum Gasteiger partial charge on any atom is 0.326 e. The quantitative estimate of drug-likeness (QED) is 0.904. The highest BCUT2D eigenvalue weighted by molar-refractivity contribution is 5.97. The molecule has 1 amide bonds. The Hall–Kier alpha value is -2.08. The Labute approximate surface area is 140 Å². The molecule has 1 aliphatic carbocycles. The summed E-state index contributed by atoms with van der Waals surface area (Å²) in [6.07, 6.45) is 6.18. The molecule has 1 saturated carbocycles. The third kappa shape index (κ3) is 2.45. The molecule has 1 saturated heterocycles. The predicted molar refractivity (Wildman–Crippen MR) is 91.2 cm³/mol. The van der Waals surface area contributed by atoms with Gasteiger partial charge in [-0.2, -0.15) is 0 Å². The molecule has 2 aromatic rings. The van der Waals surface area contributed by atoms with Gasteiger partial charge in [-0.3, -0.25) is 9.36 Å². The number of hydrogen-bond donors (Lipinski definition) is 2. The Kier molecular flexibility index (Phi) is 3.92. The number of carbonyl (C=O) groups excluding carboxylic acids is 1. The fourth-order valence-corrected chi connectivity index (χ4v) is 4.25. The largest absolute Gasteiger partial charge is 0.394 e. The summed E-state index contributed by atoms with van der Waals surface area (Å²) in [5, 5.41) is 9.42. The van der Waals surface area contributed by atoms with Gasteiger partial charge in [0.1, 0.15) is 0 Å². The fraction of sp³-hybridized carbons (Fsp3) is 0.556. The van der Waals surface area contributed by atoms with Crippen LogP contribution in [-0.2, 0) is 0 Å². The molecule has 0 unspecified atom stereocenters. The van der Waals surface area contributed by atoms with Gasteiger partial charge >= 0.3 is 5.69 Å². The van der Waals surface area contributed by atoms with E-state index < -0.39 is 0 Å². The van der Waals surface area contributed by atoms with Crippen LogP contribution < -0.4 is 5.69 Å². The van der Waals surface area contributed by atoms with Gasteiger partial charge in [-0.05, 0) is 43.9 Å². The molecule has 1 aliphatic heterocycles. The van der Waals surface area contributed by atoms with Crippen molar-refractivity contribution in [2.75, 3.05) is 13.2 Å². The highest BCUT2D eigenvalue weighted by atomic mass is 16.3. The van der Waals surface area contributed by atoms with Gasteiger partial charge in [0, 0.05) is 18.2 Å². The number of carbonyl (C=O) groups is 1. The van der Waals surface area contributed by atoms with Crippen molar-refractivity contribution in [2.45, 2.75) is 50.6 Å². The van der Waals surface area contributed by atoms with E-state index in [0.717, 1.165) is 49.6 Å². The van der Waals surface area contributed by atoms with Crippen LogP contribution in [0.15, 0.2) is 23.0 Å². The molecule has 6 nitrogen and oxygen atoms in total. The van der Waals surface area contributed by atoms with Crippen molar-refractivity contribution in [2.24, 2.45) is 0 Å². The molecule has 6 heteroatoms. The lowest BCUT2D eigenvalue weighted by Gasteiger charge is -2.23. The molecule has 0 bridgehead atoms. The standard InChI is InChI=1S/C18H23N3O3/c22-11-14-6-3-9-20(14)17(23)12-7-8-16-15(10-12)19-18(24)21(16)13-4-1-2-5-13/h7-8,10,13-14,22H,1-6,9,11H2,(H,19,24)/t14-/m1/s1. The highest BCUT2D eigenvalue weighted by Crippen LogP contribution is 2.31. The van der Waals surface area contributed by atoms with Gasteiger partial charge in [-0.25, -0.2) is 4.79 Å². The highest BCUT2D eigenvalue weighted by Gasteiger charge is 2.29. The second-order valence-corrected chi connectivity index (χ2v) is 6.95. The molecule has 0 spiro atoms. The Morgan fingerprint density at radius 2 is 2.00 bits per heavy atom. The molecule has 4 rings (SSSR count). The summed E-state index contributed by atoms with van der Waals surface area (Å²) in [6, 6.07) is 5.64. The van der Waals surface area contributed by atoms with Crippen molar-refractivity contribution in [1.29, 1.82) is 0 Å². The van der Waals surface area contributed by atoms with Crippen LogP contribution in [0.4, 0.5) is 0 Å². The number of hydrogen-bond acceptors (Lipinski definition) is 3. The van der Waals surface area contributed by atoms with Crippen LogP contribution in [0.1, 0.15) is 54.9 Å². The summed E-state index contributed by atoms with van der Waals surface area (Å²) in [6.45, 7) is 0.685. The van der Waals surface area contributed by atoms with Crippen molar-refractivity contribution in [1.82, 2.24) is 14.5 Å². The van der Waals surface area contributed by atoms with E-state index in [4.69, 9.17) is 0 Å². The lowest BCUT2D eigenvalue weighted by atomic mass is 10.1. The first-order valence-electron chi connectivity index (χ1n) is 8.85. The molecule has 2 N–H and O–H groups in total. The van der Waals surface area contributed by atoms with Crippen LogP contribution in [0.3, 0.4) is 0 Å². The van der Waals surface area contributed by atoms with E-state index in [0.29, 0.717) is 12.1 Å². The first-order chi connectivity index (χ1) is 11.7. The van der Waals surface area contributed by atoms with E-state index in [2.05, 4.69) is 4.98 Å². The molecule has 24 heavy (non-hydrogen) atoms. The molecule has 1 aromatic carbocycles. The van der Waals surface area contributed by atoms with Crippen LogP contribution in [0, 0.1) is 0 Å². The number of nitrogens with one attached hydrogen (secondary N) is 1. The normalized spacial score (nSPS) is 21.9. The fourth-order valence-electron chi connectivity index (χ4n) is 4.25. The van der Waals surface area contributed by atoms with E-state index in [1.165, 1.54) is 0 Å². The number of aromatic nitrogens is 2.